The summed E-state index contributed by atoms with van der Waals surface area (Å²) in [5.74, 6) is -0.231. The van der Waals surface area contributed by atoms with E-state index < -0.39 is 0 Å². The molecule has 1 heterocycles. The lowest BCUT2D eigenvalue weighted by atomic mass is 10.2. The molecule has 1 aromatic heterocycles. The molecule has 0 saturated carbocycles. The highest BCUT2D eigenvalue weighted by Crippen LogP contribution is 2.27. The summed E-state index contributed by atoms with van der Waals surface area (Å²) < 4.78 is 14.8. The van der Waals surface area contributed by atoms with Gasteiger partial charge in [0, 0.05) is 15.0 Å². The Kier molecular flexibility index (Phi) is 4.22. The third-order valence-electron chi connectivity index (χ3n) is 2.40. The molecule has 0 unspecified atom stereocenters. The summed E-state index contributed by atoms with van der Waals surface area (Å²) in [7, 11) is 0. The van der Waals surface area contributed by atoms with Crippen molar-refractivity contribution in [3.8, 4) is 0 Å². The van der Waals surface area contributed by atoms with E-state index in [4.69, 9.17) is 0 Å². The van der Waals surface area contributed by atoms with Crippen LogP contribution >= 0.6 is 43.2 Å². The molecule has 0 aliphatic rings. The SMILES string of the molecule is Cc1cc(F)c(Br)cc1NCc1sccc1Br. The van der Waals surface area contributed by atoms with Crippen LogP contribution in [0.25, 0.3) is 0 Å². The first-order valence-electron chi connectivity index (χ1n) is 4.99. The van der Waals surface area contributed by atoms with Crippen molar-refractivity contribution < 1.29 is 4.39 Å². The lowest BCUT2D eigenvalue weighted by molar-refractivity contribution is 0.620. The van der Waals surface area contributed by atoms with E-state index in [1.807, 2.05) is 18.4 Å². The lowest BCUT2D eigenvalue weighted by Gasteiger charge is -2.10. The number of anilines is 1. The molecule has 2 rings (SSSR count). The number of rotatable bonds is 3. The van der Waals surface area contributed by atoms with E-state index in [2.05, 4.69) is 37.2 Å². The Labute approximate surface area is 120 Å². The Balaban J connectivity index is 2.14. The number of nitrogens with one attached hydrogen (secondary N) is 1. The van der Waals surface area contributed by atoms with Gasteiger partial charge in [-0.15, -0.1) is 11.3 Å². The minimum atomic E-state index is -0.231. The second-order valence-electron chi connectivity index (χ2n) is 3.63. The molecule has 0 amide bonds. The lowest BCUT2D eigenvalue weighted by Crippen LogP contribution is -2.00. The summed E-state index contributed by atoms with van der Waals surface area (Å²) in [4.78, 5) is 1.23. The van der Waals surface area contributed by atoms with Crippen LogP contribution in [-0.2, 0) is 6.54 Å². The average Bonchev–Trinajstić information content (AvgIpc) is 2.68. The van der Waals surface area contributed by atoms with Gasteiger partial charge in [0.1, 0.15) is 5.82 Å². The maximum Gasteiger partial charge on any atom is 0.137 e. The third kappa shape index (κ3) is 3.09. The molecule has 0 saturated heterocycles. The minimum absolute atomic E-state index is 0.231. The van der Waals surface area contributed by atoms with Crippen molar-refractivity contribution >= 4 is 48.9 Å². The van der Waals surface area contributed by atoms with Gasteiger partial charge in [0.25, 0.3) is 0 Å². The van der Waals surface area contributed by atoms with Crippen molar-refractivity contribution in [1.82, 2.24) is 0 Å². The van der Waals surface area contributed by atoms with Crippen molar-refractivity contribution in [3.05, 3.63) is 48.8 Å². The van der Waals surface area contributed by atoms with Gasteiger partial charge in [-0.3, -0.25) is 0 Å². The molecule has 17 heavy (non-hydrogen) atoms. The van der Waals surface area contributed by atoms with Gasteiger partial charge in [-0.25, -0.2) is 4.39 Å². The molecule has 1 aromatic carbocycles. The molecule has 0 radical (unpaired) electrons. The van der Waals surface area contributed by atoms with Crippen LogP contribution in [-0.4, -0.2) is 0 Å². The molecular formula is C12H10Br2FNS. The van der Waals surface area contributed by atoms with E-state index in [1.54, 1.807) is 17.4 Å². The first kappa shape index (κ1) is 13.1. The molecule has 0 aliphatic heterocycles. The van der Waals surface area contributed by atoms with Crippen molar-refractivity contribution in [3.63, 3.8) is 0 Å². The van der Waals surface area contributed by atoms with E-state index >= 15 is 0 Å². The first-order chi connectivity index (χ1) is 8.08. The van der Waals surface area contributed by atoms with Crippen molar-refractivity contribution in [2.75, 3.05) is 5.32 Å². The molecule has 0 aliphatic carbocycles. The molecule has 1 N–H and O–H groups in total. The van der Waals surface area contributed by atoms with Gasteiger partial charge in [0.15, 0.2) is 0 Å². The molecule has 5 heteroatoms. The maximum absolute atomic E-state index is 13.3. The number of halogens is 3. The highest BCUT2D eigenvalue weighted by Gasteiger charge is 2.06. The smallest absolute Gasteiger partial charge is 0.137 e. The van der Waals surface area contributed by atoms with Crippen LogP contribution in [0.2, 0.25) is 0 Å². The van der Waals surface area contributed by atoms with Crippen molar-refractivity contribution in [2.45, 2.75) is 13.5 Å². The van der Waals surface area contributed by atoms with Gasteiger partial charge >= 0.3 is 0 Å². The Morgan fingerprint density at radius 3 is 2.71 bits per heavy atom. The van der Waals surface area contributed by atoms with Crippen LogP contribution in [0.3, 0.4) is 0 Å². The average molecular weight is 379 g/mol. The van der Waals surface area contributed by atoms with Gasteiger partial charge in [0.05, 0.1) is 11.0 Å². The summed E-state index contributed by atoms with van der Waals surface area (Å²) in [6.07, 6.45) is 0. The van der Waals surface area contributed by atoms with Crippen LogP contribution in [0.1, 0.15) is 10.4 Å². The van der Waals surface area contributed by atoms with Gasteiger partial charge in [-0.2, -0.15) is 0 Å². The molecule has 0 fully saturated rings. The summed E-state index contributed by atoms with van der Waals surface area (Å²) in [5, 5.41) is 5.34. The number of benzene rings is 1. The summed E-state index contributed by atoms with van der Waals surface area (Å²) in [5.41, 5.74) is 1.84. The number of thiophene rings is 1. The Bertz CT molecular complexity index is 539. The summed E-state index contributed by atoms with van der Waals surface area (Å²) in [6, 6.07) is 5.32. The molecule has 0 bridgehead atoms. The second-order valence-corrected chi connectivity index (χ2v) is 6.34. The van der Waals surface area contributed by atoms with Crippen LogP contribution in [0, 0.1) is 12.7 Å². The quantitative estimate of drug-likeness (QED) is 0.760. The fourth-order valence-corrected chi connectivity index (χ4v) is 3.24. The van der Waals surface area contributed by atoms with Crippen LogP contribution in [0.4, 0.5) is 10.1 Å². The first-order valence-corrected chi connectivity index (χ1v) is 7.46. The fourth-order valence-electron chi connectivity index (χ4n) is 1.46. The van der Waals surface area contributed by atoms with Crippen molar-refractivity contribution in [1.29, 1.82) is 0 Å². The zero-order valence-electron chi connectivity index (χ0n) is 9.06. The predicted octanol–water partition coefficient (Wildman–Crippen LogP) is 5.33. The van der Waals surface area contributed by atoms with E-state index in [0.717, 1.165) is 22.3 Å². The minimum Gasteiger partial charge on any atom is -0.380 e. The van der Waals surface area contributed by atoms with E-state index in [9.17, 15) is 4.39 Å². The highest BCUT2D eigenvalue weighted by atomic mass is 79.9. The van der Waals surface area contributed by atoms with Crippen LogP contribution in [0.15, 0.2) is 32.5 Å². The van der Waals surface area contributed by atoms with Crippen molar-refractivity contribution in [2.24, 2.45) is 0 Å². The monoisotopic (exact) mass is 377 g/mol. The van der Waals surface area contributed by atoms with E-state index in [-0.39, 0.29) is 5.82 Å². The van der Waals surface area contributed by atoms with Crippen LogP contribution in [0.5, 0.6) is 0 Å². The summed E-state index contributed by atoms with van der Waals surface area (Å²) in [6.45, 7) is 2.62. The Hall–Kier alpha value is -0.390. The maximum atomic E-state index is 13.3. The number of hydrogen-bond donors (Lipinski definition) is 1. The van der Waals surface area contributed by atoms with Crippen LogP contribution < -0.4 is 5.32 Å². The zero-order chi connectivity index (χ0) is 12.4. The largest absolute Gasteiger partial charge is 0.380 e. The fraction of sp³-hybridized carbons (Fsp3) is 0.167. The highest BCUT2D eigenvalue weighted by molar-refractivity contribution is 9.10. The molecule has 0 spiro atoms. The standard InChI is InChI=1S/C12H10Br2FNS/c1-7-4-10(15)9(14)5-11(7)16-6-12-8(13)2-3-17-12/h2-5,16H,6H2,1H3. The third-order valence-corrected chi connectivity index (χ3v) is 4.93. The predicted molar refractivity (Wildman–Crippen MR) is 78.2 cm³/mol. The molecule has 1 nitrogen and oxygen atoms in total. The number of hydrogen-bond acceptors (Lipinski definition) is 2. The van der Waals surface area contributed by atoms with Gasteiger partial charge in [-0.1, -0.05) is 0 Å². The van der Waals surface area contributed by atoms with Gasteiger partial charge in [0.2, 0.25) is 0 Å². The van der Waals surface area contributed by atoms with Gasteiger partial charge < -0.3 is 5.32 Å². The zero-order valence-corrected chi connectivity index (χ0v) is 13.0. The topological polar surface area (TPSA) is 12.0 Å². The molecule has 90 valence electrons. The Morgan fingerprint density at radius 1 is 1.29 bits per heavy atom. The molecule has 0 atom stereocenters. The molecular weight excluding hydrogens is 369 g/mol. The van der Waals surface area contributed by atoms with E-state index in [1.165, 1.54) is 10.9 Å². The summed E-state index contributed by atoms with van der Waals surface area (Å²) >= 11 is 8.36. The molecule has 2 aromatic rings. The van der Waals surface area contributed by atoms with Gasteiger partial charge in [-0.05, 0) is 67.9 Å². The normalized spacial score (nSPS) is 10.6. The number of aryl methyl sites for hydroxylation is 1. The van der Waals surface area contributed by atoms with E-state index in [0.29, 0.717) is 4.47 Å². The second kappa shape index (κ2) is 5.50. The Morgan fingerprint density at radius 2 is 2.06 bits per heavy atom.